The van der Waals surface area contributed by atoms with Crippen molar-refractivity contribution in [3.05, 3.63) is 57.9 Å². The van der Waals surface area contributed by atoms with Gasteiger partial charge in [-0.1, -0.05) is 29.3 Å². The quantitative estimate of drug-likeness (QED) is 0.873. The van der Waals surface area contributed by atoms with Crippen LogP contribution in [-0.4, -0.2) is 12.5 Å². The molecule has 3 nitrogen and oxygen atoms in total. The van der Waals surface area contributed by atoms with Gasteiger partial charge in [-0.25, -0.2) is 4.39 Å². The standard InChI is InChI=1S/C17H18ClFN2O/c1-10-6-11(2)17(12(3)7-10)21-16(22)9-20-13-4-5-15(19)14(18)8-13/h4-8,20H,9H2,1-3H3,(H,21,22). The Morgan fingerprint density at radius 3 is 2.36 bits per heavy atom. The Hall–Kier alpha value is -2.07. The minimum atomic E-state index is -0.484. The van der Waals surface area contributed by atoms with Crippen molar-refractivity contribution < 1.29 is 9.18 Å². The first kappa shape index (κ1) is 16.3. The second kappa shape index (κ2) is 6.79. The molecule has 0 aromatic heterocycles. The van der Waals surface area contributed by atoms with Crippen LogP contribution in [0, 0.1) is 26.6 Å². The van der Waals surface area contributed by atoms with Crippen molar-refractivity contribution in [2.75, 3.05) is 17.2 Å². The number of carbonyl (C=O) groups is 1. The first-order chi connectivity index (χ1) is 10.4. The Kier molecular flexibility index (Phi) is 5.03. The fourth-order valence-electron chi connectivity index (χ4n) is 2.35. The fraction of sp³-hybridized carbons (Fsp3) is 0.235. The van der Waals surface area contributed by atoms with Crippen LogP contribution in [0.25, 0.3) is 0 Å². The van der Waals surface area contributed by atoms with Crippen molar-refractivity contribution in [1.29, 1.82) is 0 Å². The summed E-state index contributed by atoms with van der Waals surface area (Å²) in [6.07, 6.45) is 0. The first-order valence-corrected chi connectivity index (χ1v) is 7.31. The maximum Gasteiger partial charge on any atom is 0.243 e. The summed E-state index contributed by atoms with van der Waals surface area (Å²) < 4.78 is 13.1. The zero-order valence-electron chi connectivity index (χ0n) is 12.8. The molecule has 0 aliphatic heterocycles. The highest BCUT2D eigenvalue weighted by Crippen LogP contribution is 2.22. The summed E-state index contributed by atoms with van der Waals surface area (Å²) in [5.41, 5.74) is 4.63. The van der Waals surface area contributed by atoms with E-state index in [1.807, 2.05) is 32.9 Å². The summed E-state index contributed by atoms with van der Waals surface area (Å²) in [4.78, 5) is 12.0. The van der Waals surface area contributed by atoms with E-state index in [4.69, 9.17) is 11.6 Å². The molecule has 0 saturated carbocycles. The van der Waals surface area contributed by atoms with E-state index in [2.05, 4.69) is 10.6 Å². The van der Waals surface area contributed by atoms with Gasteiger partial charge in [0.15, 0.2) is 0 Å². The largest absolute Gasteiger partial charge is 0.376 e. The summed E-state index contributed by atoms with van der Waals surface area (Å²) in [6, 6.07) is 8.30. The third-order valence-corrected chi connectivity index (χ3v) is 3.60. The molecule has 0 unspecified atom stereocenters. The number of carbonyl (C=O) groups excluding carboxylic acids is 1. The van der Waals surface area contributed by atoms with Gasteiger partial charge in [-0.3, -0.25) is 4.79 Å². The minimum Gasteiger partial charge on any atom is -0.376 e. The third kappa shape index (κ3) is 3.98. The van der Waals surface area contributed by atoms with Crippen molar-refractivity contribution in [1.82, 2.24) is 0 Å². The van der Waals surface area contributed by atoms with E-state index in [0.717, 1.165) is 22.4 Å². The molecule has 2 aromatic rings. The second-order valence-electron chi connectivity index (χ2n) is 5.30. The molecular weight excluding hydrogens is 303 g/mol. The zero-order valence-corrected chi connectivity index (χ0v) is 13.5. The Morgan fingerprint density at radius 2 is 1.77 bits per heavy atom. The van der Waals surface area contributed by atoms with Crippen LogP contribution in [0.5, 0.6) is 0 Å². The Labute approximate surface area is 134 Å². The highest BCUT2D eigenvalue weighted by atomic mass is 35.5. The molecule has 116 valence electrons. The van der Waals surface area contributed by atoms with Gasteiger partial charge < -0.3 is 10.6 Å². The molecule has 2 aromatic carbocycles. The van der Waals surface area contributed by atoms with Crippen molar-refractivity contribution in [2.24, 2.45) is 0 Å². The molecule has 0 saturated heterocycles. The van der Waals surface area contributed by atoms with Crippen molar-refractivity contribution >= 4 is 28.9 Å². The molecule has 5 heteroatoms. The number of halogens is 2. The van der Waals surface area contributed by atoms with Crippen molar-refractivity contribution in [3.63, 3.8) is 0 Å². The molecule has 0 heterocycles. The molecule has 2 rings (SSSR count). The van der Waals surface area contributed by atoms with Gasteiger partial charge in [-0.05, 0) is 50.1 Å². The molecule has 0 atom stereocenters. The number of hydrogen-bond donors (Lipinski definition) is 2. The smallest absolute Gasteiger partial charge is 0.243 e. The summed E-state index contributed by atoms with van der Waals surface area (Å²) in [5, 5.41) is 5.84. The van der Waals surface area contributed by atoms with Crippen LogP contribution in [0.1, 0.15) is 16.7 Å². The number of amides is 1. The predicted molar refractivity (Wildman–Crippen MR) is 89.2 cm³/mol. The lowest BCUT2D eigenvalue weighted by Gasteiger charge is -2.13. The highest BCUT2D eigenvalue weighted by molar-refractivity contribution is 6.31. The third-order valence-electron chi connectivity index (χ3n) is 3.31. The van der Waals surface area contributed by atoms with Crippen LogP contribution >= 0.6 is 11.6 Å². The number of benzene rings is 2. The lowest BCUT2D eigenvalue weighted by atomic mass is 10.1. The van der Waals surface area contributed by atoms with Crippen molar-refractivity contribution in [2.45, 2.75) is 20.8 Å². The van der Waals surface area contributed by atoms with Gasteiger partial charge in [0, 0.05) is 11.4 Å². The van der Waals surface area contributed by atoms with Crippen LogP contribution < -0.4 is 10.6 Å². The van der Waals surface area contributed by atoms with E-state index in [1.165, 1.54) is 18.2 Å². The van der Waals surface area contributed by atoms with E-state index in [1.54, 1.807) is 0 Å². The zero-order chi connectivity index (χ0) is 16.3. The Morgan fingerprint density at radius 1 is 1.14 bits per heavy atom. The molecule has 0 aliphatic rings. The second-order valence-corrected chi connectivity index (χ2v) is 5.71. The molecule has 1 amide bonds. The average molecular weight is 321 g/mol. The summed E-state index contributed by atoms with van der Waals surface area (Å²) in [6.45, 7) is 6.02. The predicted octanol–water partition coefficient (Wildman–Crippen LogP) is 4.45. The number of anilines is 2. The van der Waals surface area contributed by atoms with Gasteiger partial charge in [0.2, 0.25) is 5.91 Å². The average Bonchev–Trinajstić information content (AvgIpc) is 2.44. The van der Waals surface area contributed by atoms with Gasteiger partial charge in [-0.15, -0.1) is 0 Å². The SMILES string of the molecule is Cc1cc(C)c(NC(=O)CNc2ccc(F)c(Cl)c2)c(C)c1. The van der Waals surface area contributed by atoms with E-state index in [9.17, 15) is 9.18 Å². The normalized spacial score (nSPS) is 10.4. The summed E-state index contributed by atoms with van der Waals surface area (Å²) in [7, 11) is 0. The van der Waals surface area contributed by atoms with Crippen LogP contribution in [0.2, 0.25) is 5.02 Å². The van der Waals surface area contributed by atoms with Crippen LogP contribution in [0.15, 0.2) is 30.3 Å². The van der Waals surface area contributed by atoms with Crippen LogP contribution in [0.3, 0.4) is 0 Å². The topological polar surface area (TPSA) is 41.1 Å². The van der Waals surface area contributed by atoms with Gasteiger partial charge >= 0.3 is 0 Å². The molecule has 0 bridgehead atoms. The highest BCUT2D eigenvalue weighted by Gasteiger charge is 2.08. The number of hydrogen-bond acceptors (Lipinski definition) is 2. The number of rotatable bonds is 4. The number of nitrogens with one attached hydrogen (secondary N) is 2. The van der Waals surface area contributed by atoms with E-state index < -0.39 is 5.82 Å². The van der Waals surface area contributed by atoms with Crippen molar-refractivity contribution in [3.8, 4) is 0 Å². The lowest BCUT2D eigenvalue weighted by Crippen LogP contribution is -2.22. The monoisotopic (exact) mass is 320 g/mol. The molecule has 22 heavy (non-hydrogen) atoms. The fourth-order valence-corrected chi connectivity index (χ4v) is 2.53. The first-order valence-electron chi connectivity index (χ1n) is 6.93. The Balaban J connectivity index is 2.00. The molecule has 0 aliphatic carbocycles. The molecule has 0 fully saturated rings. The minimum absolute atomic E-state index is 0.0237. The molecule has 0 spiro atoms. The van der Waals surface area contributed by atoms with E-state index in [0.29, 0.717) is 5.69 Å². The van der Waals surface area contributed by atoms with Gasteiger partial charge in [0.1, 0.15) is 5.82 Å². The Bertz CT molecular complexity index is 693. The van der Waals surface area contributed by atoms with E-state index >= 15 is 0 Å². The summed E-state index contributed by atoms with van der Waals surface area (Å²) >= 11 is 5.70. The lowest BCUT2D eigenvalue weighted by molar-refractivity contribution is -0.114. The van der Waals surface area contributed by atoms with Gasteiger partial charge in [0.25, 0.3) is 0 Å². The molecule has 0 radical (unpaired) electrons. The van der Waals surface area contributed by atoms with Crippen LogP contribution in [0.4, 0.5) is 15.8 Å². The van der Waals surface area contributed by atoms with Crippen LogP contribution in [-0.2, 0) is 4.79 Å². The van der Waals surface area contributed by atoms with Gasteiger partial charge in [-0.2, -0.15) is 0 Å². The van der Waals surface area contributed by atoms with Gasteiger partial charge in [0.05, 0.1) is 11.6 Å². The maximum atomic E-state index is 13.1. The molecule has 2 N–H and O–H groups in total. The maximum absolute atomic E-state index is 13.1. The molecular formula is C17H18ClFN2O. The van der Waals surface area contributed by atoms with E-state index in [-0.39, 0.29) is 17.5 Å². The number of aryl methyl sites for hydroxylation is 3. The summed E-state index contributed by atoms with van der Waals surface area (Å²) in [5.74, 6) is -0.655.